The van der Waals surface area contributed by atoms with Gasteiger partial charge in [-0.15, -0.1) is 0 Å². The normalized spacial score (nSPS) is 16.4. The molecule has 3 N–H and O–H groups in total. The summed E-state index contributed by atoms with van der Waals surface area (Å²) in [4.78, 5) is 10.9. The van der Waals surface area contributed by atoms with Crippen molar-refractivity contribution in [1.82, 2.24) is 20.2 Å². The van der Waals surface area contributed by atoms with Crippen molar-refractivity contribution in [2.24, 2.45) is 0 Å². The summed E-state index contributed by atoms with van der Waals surface area (Å²) in [5, 5.41) is 6.99. The number of aromatic amines is 1. The number of H-pyrrole nitrogens is 1. The summed E-state index contributed by atoms with van der Waals surface area (Å²) in [7, 11) is 0. The third kappa shape index (κ3) is 2.85. The van der Waals surface area contributed by atoms with E-state index in [0.29, 0.717) is 41.9 Å². The van der Waals surface area contributed by atoms with E-state index < -0.39 is 0 Å². The van der Waals surface area contributed by atoms with Crippen LogP contribution in [0.15, 0.2) is 0 Å². The smallest absolute Gasteiger partial charge is 0.237 e. The minimum Gasteiger partial charge on any atom is -0.471 e. The predicted octanol–water partition coefficient (Wildman–Crippen LogP) is 0.949. The molecular formula is C13H20N6O2. The summed E-state index contributed by atoms with van der Waals surface area (Å²) >= 11 is 0. The second-order valence-electron chi connectivity index (χ2n) is 5.97. The number of fused-ring (bicyclic) bond motifs is 1. The van der Waals surface area contributed by atoms with Crippen LogP contribution in [0, 0.1) is 0 Å². The molecule has 0 amide bonds. The highest BCUT2D eigenvalue weighted by Gasteiger charge is 2.22. The first-order chi connectivity index (χ1) is 9.94. The van der Waals surface area contributed by atoms with Crippen molar-refractivity contribution >= 4 is 22.8 Å². The van der Waals surface area contributed by atoms with E-state index >= 15 is 0 Å². The quantitative estimate of drug-likeness (QED) is 0.849. The van der Waals surface area contributed by atoms with Crippen LogP contribution in [0.2, 0.25) is 0 Å². The maximum absolute atomic E-state index is 5.99. The first-order valence-corrected chi connectivity index (χ1v) is 6.97. The van der Waals surface area contributed by atoms with Crippen molar-refractivity contribution in [1.29, 1.82) is 0 Å². The summed E-state index contributed by atoms with van der Waals surface area (Å²) in [5.41, 5.74) is 6.79. The molecule has 0 spiro atoms. The van der Waals surface area contributed by atoms with Gasteiger partial charge in [0, 0.05) is 13.1 Å². The van der Waals surface area contributed by atoms with Crippen LogP contribution in [0.25, 0.3) is 11.0 Å². The molecule has 2 aromatic heterocycles. The number of ether oxygens (including phenoxy) is 2. The molecule has 0 radical (unpaired) electrons. The molecule has 1 saturated heterocycles. The Kier molecular flexibility index (Phi) is 3.32. The van der Waals surface area contributed by atoms with Crippen LogP contribution in [-0.4, -0.2) is 52.1 Å². The molecule has 0 aromatic carbocycles. The number of nitrogens with two attached hydrogens (primary N) is 1. The average Bonchev–Trinajstić information content (AvgIpc) is 2.81. The lowest BCUT2D eigenvalue weighted by Crippen LogP contribution is -2.37. The van der Waals surface area contributed by atoms with Crippen molar-refractivity contribution in [2.45, 2.75) is 26.4 Å². The van der Waals surface area contributed by atoms with Crippen LogP contribution >= 0.6 is 0 Å². The number of anilines is 2. The number of nitrogens with zero attached hydrogens (tertiary/aromatic N) is 4. The minimum absolute atomic E-state index is 0.349. The van der Waals surface area contributed by atoms with E-state index in [0.717, 1.165) is 13.1 Å². The zero-order chi connectivity index (χ0) is 15.0. The number of aromatic nitrogens is 4. The first kappa shape index (κ1) is 13.9. The molecule has 114 valence electrons. The minimum atomic E-state index is -0.349. The van der Waals surface area contributed by atoms with Gasteiger partial charge >= 0.3 is 0 Å². The van der Waals surface area contributed by atoms with E-state index in [1.54, 1.807) is 0 Å². The molecule has 21 heavy (non-hydrogen) atoms. The molecule has 0 unspecified atom stereocenters. The van der Waals surface area contributed by atoms with Crippen molar-refractivity contribution in [3.05, 3.63) is 0 Å². The Bertz CT molecular complexity index is 642. The molecule has 2 aromatic rings. The Morgan fingerprint density at radius 3 is 2.57 bits per heavy atom. The molecule has 1 fully saturated rings. The van der Waals surface area contributed by atoms with E-state index in [1.807, 2.05) is 25.7 Å². The van der Waals surface area contributed by atoms with Crippen molar-refractivity contribution in [2.75, 3.05) is 36.9 Å². The number of nitrogens with one attached hydrogen (secondary N) is 1. The van der Waals surface area contributed by atoms with Gasteiger partial charge in [-0.3, -0.25) is 0 Å². The summed E-state index contributed by atoms with van der Waals surface area (Å²) < 4.78 is 11.2. The zero-order valence-corrected chi connectivity index (χ0v) is 12.5. The molecule has 0 bridgehead atoms. The van der Waals surface area contributed by atoms with Crippen LogP contribution in [0.3, 0.4) is 0 Å². The third-order valence-electron chi connectivity index (χ3n) is 3.09. The number of nitrogen functional groups attached to an aromatic ring is 1. The average molecular weight is 292 g/mol. The Balaban J connectivity index is 2.01. The monoisotopic (exact) mass is 292 g/mol. The number of hydrogen-bond acceptors (Lipinski definition) is 7. The zero-order valence-electron chi connectivity index (χ0n) is 12.5. The number of rotatable bonds is 2. The van der Waals surface area contributed by atoms with Crippen molar-refractivity contribution in [3.63, 3.8) is 0 Å². The van der Waals surface area contributed by atoms with Crippen LogP contribution in [0.5, 0.6) is 5.88 Å². The summed E-state index contributed by atoms with van der Waals surface area (Å²) in [6.45, 7) is 8.72. The highest BCUT2D eigenvalue weighted by molar-refractivity contribution is 5.88. The van der Waals surface area contributed by atoms with Crippen LogP contribution in [0.4, 0.5) is 11.8 Å². The summed E-state index contributed by atoms with van der Waals surface area (Å²) in [5.74, 6) is 1.45. The summed E-state index contributed by atoms with van der Waals surface area (Å²) in [6, 6.07) is 0. The van der Waals surface area contributed by atoms with E-state index in [-0.39, 0.29) is 5.60 Å². The van der Waals surface area contributed by atoms with Crippen molar-refractivity contribution < 1.29 is 9.47 Å². The fraction of sp³-hybridized carbons (Fsp3) is 0.615. The van der Waals surface area contributed by atoms with Gasteiger partial charge in [0.05, 0.1) is 13.2 Å². The van der Waals surface area contributed by atoms with E-state index in [2.05, 4.69) is 20.2 Å². The number of morpholine rings is 1. The molecule has 3 heterocycles. The van der Waals surface area contributed by atoms with E-state index in [1.165, 1.54) is 0 Å². The molecule has 0 saturated carbocycles. The van der Waals surface area contributed by atoms with Crippen LogP contribution < -0.4 is 15.4 Å². The third-order valence-corrected chi connectivity index (χ3v) is 3.09. The predicted molar refractivity (Wildman–Crippen MR) is 79.5 cm³/mol. The molecule has 3 rings (SSSR count). The summed E-state index contributed by atoms with van der Waals surface area (Å²) in [6.07, 6.45) is 0. The van der Waals surface area contributed by atoms with Gasteiger partial charge < -0.3 is 20.1 Å². The Morgan fingerprint density at radius 1 is 1.19 bits per heavy atom. The fourth-order valence-electron chi connectivity index (χ4n) is 2.17. The largest absolute Gasteiger partial charge is 0.471 e. The highest BCUT2D eigenvalue weighted by Crippen LogP contribution is 2.28. The highest BCUT2D eigenvalue weighted by atomic mass is 16.5. The second kappa shape index (κ2) is 5.03. The van der Waals surface area contributed by atoms with Gasteiger partial charge in [0.25, 0.3) is 0 Å². The Labute approximate surface area is 122 Å². The topological polar surface area (TPSA) is 102 Å². The van der Waals surface area contributed by atoms with E-state index in [9.17, 15) is 0 Å². The van der Waals surface area contributed by atoms with Gasteiger partial charge in [-0.1, -0.05) is 0 Å². The number of hydrogen-bond donors (Lipinski definition) is 2. The van der Waals surface area contributed by atoms with Crippen LogP contribution in [-0.2, 0) is 4.74 Å². The molecular weight excluding hydrogens is 272 g/mol. The maximum atomic E-state index is 5.99. The van der Waals surface area contributed by atoms with E-state index in [4.69, 9.17) is 15.2 Å². The standard InChI is InChI=1S/C13H20N6O2/c1-13(2,3)21-11-9-8(17-18-11)10(14)16-12(15-9)19-4-6-20-7-5-19/h4-7H2,1-3H3,(H,17,18)(H2,14,15,16). The Hall–Kier alpha value is -2.09. The van der Waals surface area contributed by atoms with Crippen molar-refractivity contribution in [3.8, 4) is 5.88 Å². The first-order valence-electron chi connectivity index (χ1n) is 6.97. The molecule has 1 aliphatic heterocycles. The Morgan fingerprint density at radius 2 is 1.90 bits per heavy atom. The lowest BCUT2D eigenvalue weighted by Gasteiger charge is -2.26. The lowest BCUT2D eigenvalue weighted by molar-refractivity contribution is 0.122. The SMILES string of the molecule is CC(C)(C)Oc1[nH]nc2c(N)nc(N3CCOCC3)nc12. The lowest BCUT2D eigenvalue weighted by atomic mass is 10.2. The molecule has 1 aliphatic rings. The van der Waals surface area contributed by atoms with Gasteiger partial charge in [0.1, 0.15) is 5.60 Å². The van der Waals surface area contributed by atoms with Gasteiger partial charge in [-0.05, 0) is 20.8 Å². The second-order valence-corrected chi connectivity index (χ2v) is 5.97. The van der Waals surface area contributed by atoms with Gasteiger partial charge in [-0.25, -0.2) is 10.1 Å². The molecule has 0 aliphatic carbocycles. The molecule has 8 heteroatoms. The van der Waals surface area contributed by atoms with Gasteiger partial charge in [0.15, 0.2) is 16.9 Å². The van der Waals surface area contributed by atoms with Gasteiger partial charge in [0.2, 0.25) is 11.8 Å². The fourth-order valence-corrected chi connectivity index (χ4v) is 2.17. The maximum Gasteiger partial charge on any atom is 0.237 e. The van der Waals surface area contributed by atoms with Gasteiger partial charge in [-0.2, -0.15) is 10.1 Å². The molecule has 0 atom stereocenters. The molecule has 8 nitrogen and oxygen atoms in total. The van der Waals surface area contributed by atoms with Crippen LogP contribution in [0.1, 0.15) is 20.8 Å².